The van der Waals surface area contributed by atoms with E-state index in [1.165, 1.54) is 12.8 Å². The molecule has 0 radical (unpaired) electrons. The molecule has 2 aromatic heterocycles. The monoisotopic (exact) mass is 286 g/mol. The van der Waals surface area contributed by atoms with Gasteiger partial charge in [-0.25, -0.2) is 0 Å². The van der Waals surface area contributed by atoms with E-state index < -0.39 is 0 Å². The molecule has 2 aromatic rings. The summed E-state index contributed by atoms with van der Waals surface area (Å²) in [6.07, 6.45) is 4.41. The summed E-state index contributed by atoms with van der Waals surface area (Å²) < 4.78 is 5.44. The van der Waals surface area contributed by atoms with Crippen LogP contribution in [0.15, 0.2) is 35.0 Å². The highest BCUT2D eigenvalue weighted by molar-refractivity contribution is 5.07. The third-order valence-electron chi connectivity index (χ3n) is 3.70. The predicted molar refractivity (Wildman–Crippen MR) is 80.4 cm³/mol. The summed E-state index contributed by atoms with van der Waals surface area (Å²) in [7, 11) is 0. The Bertz CT molecular complexity index is 550. The largest absolute Gasteiger partial charge is 0.360 e. The fraction of sp³-hybridized carbons (Fsp3) is 0.500. The van der Waals surface area contributed by atoms with Gasteiger partial charge in [0.2, 0.25) is 0 Å². The lowest BCUT2D eigenvalue weighted by molar-refractivity contribution is 0.231. The maximum absolute atomic E-state index is 5.44. The van der Waals surface area contributed by atoms with Crippen LogP contribution in [0.5, 0.6) is 0 Å². The first-order valence-corrected chi connectivity index (χ1v) is 7.63. The van der Waals surface area contributed by atoms with E-state index in [-0.39, 0.29) is 0 Å². The van der Waals surface area contributed by atoms with Gasteiger partial charge in [-0.1, -0.05) is 18.1 Å². The van der Waals surface area contributed by atoms with Gasteiger partial charge in [0.1, 0.15) is 0 Å². The average Bonchev–Trinajstić information content (AvgIpc) is 3.25. The van der Waals surface area contributed by atoms with Gasteiger partial charge in [0.25, 0.3) is 0 Å². The van der Waals surface area contributed by atoms with Crippen molar-refractivity contribution >= 4 is 0 Å². The molecule has 1 N–H and O–H groups in total. The van der Waals surface area contributed by atoms with Crippen molar-refractivity contribution in [3.63, 3.8) is 0 Å². The van der Waals surface area contributed by atoms with E-state index in [1.807, 2.05) is 24.4 Å². The van der Waals surface area contributed by atoms with Gasteiger partial charge in [-0.15, -0.1) is 0 Å². The van der Waals surface area contributed by atoms with E-state index in [2.05, 4.69) is 33.3 Å². The number of nitrogens with zero attached hydrogens (tertiary/aromatic N) is 3. The van der Waals surface area contributed by atoms with E-state index in [4.69, 9.17) is 4.52 Å². The molecule has 0 unspecified atom stereocenters. The normalized spacial score (nSPS) is 14.8. The topological polar surface area (TPSA) is 54.2 Å². The first kappa shape index (κ1) is 14.2. The minimum absolute atomic E-state index is 0.696. The summed E-state index contributed by atoms with van der Waals surface area (Å²) in [5, 5.41) is 7.58. The molecule has 112 valence electrons. The Balaban J connectivity index is 1.53. The van der Waals surface area contributed by atoms with Crippen molar-refractivity contribution in [2.45, 2.75) is 45.4 Å². The number of pyridine rings is 1. The van der Waals surface area contributed by atoms with Crippen LogP contribution in [-0.4, -0.2) is 27.6 Å². The second-order valence-electron chi connectivity index (χ2n) is 5.56. The maximum Gasteiger partial charge on any atom is 0.151 e. The quantitative estimate of drug-likeness (QED) is 0.807. The van der Waals surface area contributed by atoms with Crippen molar-refractivity contribution in [1.29, 1.82) is 0 Å². The molecule has 1 aliphatic rings. The molecular weight excluding hydrogens is 264 g/mol. The van der Waals surface area contributed by atoms with Crippen LogP contribution in [0.2, 0.25) is 0 Å². The smallest absolute Gasteiger partial charge is 0.151 e. The van der Waals surface area contributed by atoms with Crippen molar-refractivity contribution in [1.82, 2.24) is 20.4 Å². The standard InChI is InChI=1S/C16H22N4O/c1-2-20(11-14-5-3-4-8-17-14)12-16-9-15(19-21-16)10-18-13-6-7-13/h3-5,8-9,13,18H,2,6-7,10-12H2,1H3. The highest BCUT2D eigenvalue weighted by Gasteiger charge is 2.20. The second-order valence-corrected chi connectivity index (χ2v) is 5.56. The highest BCUT2D eigenvalue weighted by Crippen LogP contribution is 2.19. The van der Waals surface area contributed by atoms with Gasteiger partial charge < -0.3 is 9.84 Å². The zero-order valence-electron chi connectivity index (χ0n) is 12.5. The predicted octanol–water partition coefficient (Wildman–Crippen LogP) is 2.34. The molecule has 0 atom stereocenters. The number of hydrogen-bond acceptors (Lipinski definition) is 5. The lowest BCUT2D eigenvalue weighted by atomic mass is 10.3. The lowest BCUT2D eigenvalue weighted by Gasteiger charge is -2.17. The van der Waals surface area contributed by atoms with Gasteiger partial charge in [-0.05, 0) is 31.5 Å². The number of hydrogen-bond donors (Lipinski definition) is 1. The summed E-state index contributed by atoms with van der Waals surface area (Å²) in [5.74, 6) is 0.917. The molecule has 5 nitrogen and oxygen atoms in total. The third kappa shape index (κ3) is 4.37. The van der Waals surface area contributed by atoms with Crippen LogP contribution in [-0.2, 0) is 19.6 Å². The Morgan fingerprint density at radius 1 is 1.29 bits per heavy atom. The van der Waals surface area contributed by atoms with E-state index in [0.29, 0.717) is 6.04 Å². The summed E-state index contributed by atoms with van der Waals surface area (Å²) in [4.78, 5) is 6.66. The van der Waals surface area contributed by atoms with E-state index in [9.17, 15) is 0 Å². The zero-order valence-corrected chi connectivity index (χ0v) is 12.5. The van der Waals surface area contributed by atoms with Gasteiger partial charge in [-0.3, -0.25) is 9.88 Å². The Kier molecular flexibility index (Phi) is 4.62. The van der Waals surface area contributed by atoms with Crippen LogP contribution < -0.4 is 5.32 Å². The van der Waals surface area contributed by atoms with E-state index in [0.717, 1.165) is 43.3 Å². The Labute approximate surface area is 125 Å². The van der Waals surface area contributed by atoms with E-state index >= 15 is 0 Å². The molecule has 0 aliphatic heterocycles. The molecule has 3 rings (SSSR count). The zero-order chi connectivity index (χ0) is 14.5. The van der Waals surface area contributed by atoms with Crippen molar-refractivity contribution < 1.29 is 4.52 Å². The van der Waals surface area contributed by atoms with Crippen molar-refractivity contribution in [3.05, 3.63) is 47.6 Å². The number of rotatable bonds is 8. The van der Waals surface area contributed by atoms with Crippen LogP contribution in [0, 0.1) is 0 Å². The summed E-state index contributed by atoms with van der Waals surface area (Å²) in [5.41, 5.74) is 2.07. The maximum atomic E-state index is 5.44. The summed E-state index contributed by atoms with van der Waals surface area (Å²) in [6, 6.07) is 8.76. The fourth-order valence-corrected chi connectivity index (χ4v) is 2.27. The van der Waals surface area contributed by atoms with Crippen molar-refractivity contribution in [2.75, 3.05) is 6.54 Å². The van der Waals surface area contributed by atoms with Gasteiger partial charge in [0, 0.05) is 31.4 Å². The highest BCUT2D eigenvalue weighted by atomic mass is 16.5. The van der Waals surface area contributed by atoms with Gasteiger partial charge in [0.05, 0.1) is 17.9 Å². The van der Waals surface area contributed by atoms with Crippen molar-refractivity contribution in [3.8, 4) is 0 Å². The molecule has 0 spiro atoms. The summed E-state index contributed by atoms with van der Waals surface area (Å²) in [6.45, 7) is 5.50. The van der Waals surface area contributed by atoms with Gasteiger partial charge in [-0.2, -0.15) is 0 Å². The Hall–Kier alpha value is -1.72. The first-order valence-electron chi connectivity index (χ1n) is 7.63. The SMILES string of the molecule is CCN(Cc1ccccn1)Cc1cc(CNC2CC2)no1. The molecular formula is C16H22N4O. The molecule has 0 saturated heterocycles. The van der Waals surface area contributed by atoms with Crippen LogP contribution in [0.25, 0.3) is 0 Å². The molecule has 0 bridgehead atoms. The van der Waals surface area contributed by atoms with Crippen molar-refractivity contribution in [2.24, 2.45) is 0 Å². The number of aromatic nitrogens is 2. The molecule has 2 heterocycles. The fourth-order valence-electron chi connectivity index (χ4n) is 2.27. The molecule has 5 heteroatoms. The van der Waals surface area contributed by atoms with Crippen LogP contribution in [0.4, 0.5) is 0 Å². The molecule has 1 fully saturated rings. The van der Waals surface area contributed by atoms with Crippen LogP contribution in [0.1, 0.15) is 36.9 Å². The second kappa shape index (κ2) is 6.83. The first-order chi connectivity index (χ1) is 10.3. The average molecular weight is 286 g/mol. The molecule has 0 aromatic carbocycles. The summed E-state index contributed by atoms with van der Waals surface area (Å²) >= 11 is 0. The van der Waals surface area contributed by atoms with E-state index in [1.54, 1.807) is 0 Å². The molecule has 1 saturated carbocycles. The lowest BCUT2D eigenvalue weighted by Crippen LogP contribution is -2.22. The van der Waals surface area contributed by atoms with Gasteiger partial charge >= 0.3 is 0 Å². The third-order valence-corrected chi connectivity index (χ3v) is 3.70. The molecule has 1 aliphatic carbocycles. The minimum atomic E-state index is 0.696. The van der Waals surface area contributed by atoms with Gasteiger partial charge in [0.15, 0.2) is 5.76 Å². The molecule has 21 heavy (non-hydrogen) atoms. The Morgan fingerprint density at radius 3 is 2.90 bits per heavy atom. The van der Waals surface area contributed by atoms with Crippen LogP contribution in [0.3, 0.4) is 0 Å². The number of nitrogens with one attached hydrogen (secondary N) is 1. The Morgan fingerprint density at radius 2 is 2.19 bits per heavy atom. The molecule has 0 amide bonds. The van der Waals surface area contributed by atoms with Crippen LogP contribution >= 0.6 is 0 Å². The minimum Gasteiger partial charge on any atom is -0.360 e.